The van der Waals surface area contributed by atoms with Crippen molar-refractivity contribution in [3.8, 4) is 0 Å². The Labute approximate surface area is 76.2 Å². The molecule has 1 aliphatic carbocycles. The third-order valence-electron chi connectivity index (χ3n) is 2.71. The van der Waals surface area contributed by atoms with Gasteiger partial charge in [-0.1, -0.05) is 32.6 Å². The molecule has 0 aromatic carbocycles. The lowest BCUT2D eigenvalue weighted by molar-refractivity contribution is 0.152. The Morgan fingerprint density at radius 1 is 1.25 bits per heavy atom. The molecule has 1 radical (unpaired) electrons. The average Bonchev–Trinajstić information content (AvgIpc) is 2.06. The van der Waals surface area contributed by atoms with Gasteiger partial charge in [-0.25, -0.2) is 0 Å². The van der Waals surface area contributed by atoms with Crippen molar-refractivity contribution >= 4 is 0 Å². The summed E-state index contributed by atoms with van der Waals surface area (Å²) < 4.78 is 0. The molecule has 1 saturated carbocycles. The second-order valence-corrected chi connectivity index (χ2v) is 3.96. The van der Waals surface area contributed by atoms with E-state index in [9.17, 15) is 5.11 Å². The van der Waals surface area contributed by atoms with Crippen LogP contribution in [0.4, 0.5) is 0 Å². The van der Waals surface area contributed by atoms with Crippen molar-refractivity contribution in [1.29, 1.82) is 0 Å². The summed E-state index contributed by atoms with van der Waals surface area (Å²) in [4.78, 5) is 0. The average molecular weight is 169 g/mol. The fourth-order valence-electron chi connectivity index (χ4n) is 2.02. The summed E-state index contributed by atoms with van der Waals surface area (Å²) in [5.74, 6) is 1.61. The third kappa shape index (κ3) is 3.57. The summed E-state index contributed by atoms with van der Waals surface area (Å²) >= 11 is 0. The minimum atomic E-state index is -0.0527. The Hall–Kier alpha value is -0.0400. The van der Waals surface area contributed by atoms with E-state index in [1.54, 1.807) is 5.92 Å². The standard InChI is InChI=1S/C11H21O/c1-2-6-11(12)9-10-7-4-3-5-8-10/h11-12H,2-9H2,1H3. The molecule has 1 N–H and O–H groups in total. The Balaban J connectivity index is 2.11. The highest BCUT2D eigenvalue weighted by Gasteiger charge is 2.17. The Bertz CT molecular complexity index is 106. The molecule has 1 fully saturated rings. The molecule has 71 valence electrons. The molecular formula is C11H21O. The van der Waals surface area contributed by atoms with Gasteiger partial charge < -0.3 is 5.11 Å². The van der Waals surface area contributed by atoms with Crippen LogP contribution in [0.2, 0.25) is 0 Å². The number of hydrogen-bond acceptors (Lipinski definition) is 1. The van der Waals surface area contributed by atoms with Crippen LogP contribution < -0.4 is 0 Å². The first kappa shape index (κ1) is 10.0. The van der Waals surface area contributed by atoms with Crippen LogP contribution in [0.25, 0.3) is 0 Å². The molecule has 0 saturated heterocycles. The van der Waals surface area contributed by atoms with Gasteiger partial charge in [0.1, 0.15) is 0 Å². The van der Waals surface area contributed by atoms with Gasteiger partial charge >= 0.3 is 0 Å². The number of aliphatic hydroxyl groups excluding tert-OH is 1. The van der Waals surface area contributed by atoms with Crippen LogP contribution in [0.3, 0.4) is 0 Å². The van der Waals surface area contributed by atoms with Gasteiger partial charge in [-0.3, -0.25) is 0 Å². The van der Waals surface area contributed by atoms with Gasteiger partial charge in [0.25, 0.3) is 0 Å². The molecule has 1 atom stereocenters. The van der Waals surface area contributed by atoms with Crippen molar-refractivity contribution in [3.63, 3.8) is 0 Å². The van der Waals surface area contributed by atoms with Gasteiger partial charge in [-0.15, -0.1) is 0 Å². The normalized spacial score (nSPS) is 22.5. The van der Waals surface area contributed by atoms with Gasteiger partial charge in [0.05, 0.1) is 6.10 Å². The monoisotopic (exact) mass is 169 g/mol. The fourth-order valence-corrected chi connectivity index (χ4v) is 2.02. The van der Waals surface area contributed by atoms with E-state index < -0.39 is 0 Å². The second kappa shape index (κ2) is 5.58. The van der Waals surface area contributed by atoms with Gasteiger partial charge in [0, 0.05) is 0 Å². The summed E-state index contributed by atoms with van der Waals surface area (Å²) in [5.41, 5.74) is 0. The largest absolute Gasteiger partial charge is 0.393 e. The van der Waals surface area contributed by atoms with E-state index in [4.69, 9.17) is 0 Å². The molecule has 1 unspecified atom stereocenters. The first-order valence-electron chi connectivity index (χ1n) is 5.34. The zero-order chi connectivity index (χ0) is 8.81. The Morgan fingerprint density at radius 3 is 2.50 bits per heavy atom. The molecule has 12 heavy (non-hydrogen) atoms. The van der Waals surface area contributed by atoms with Crippen molar-refractivity contribution < 1.29 is 5.11 Å². The summed E-state index contributed by atoms with van der Waals surface area (Å²) in [6.07, 6.45) is 9.67. The summed E-state index contributed by atoms with van der Waals surface area (Å²) in [7, 11) is 0. The third-order valence-corrected chi connectivity index (χ3v) is 2.71. The van der Waals surface area contributed by atoms with E-state index in [1.165, 1.54) is 32.1 Å². The molecule has 0 bridgehead atoms. The van der Waals surface area contributed by atoms with Crippen LogP contribution in [0.5, 0.6) is 0 Å². The lowest BCUT2D eigenvalue weighted by atomic mass is 9.85. The number of rotatable bonds is 4. The van der Waals surface area contributed by atoms with E-state index >= 15 is 0 Å². The van der Waals surface area contributed by atoms with Crippen molar-refractivity contribution in [3.05, 3.63) is 5.92 Å². The van der Waals surface area contributed by atoms with Gasteiger partial charge in [0.2, 0.25) is 0 Å². The second-order valence-electron chi connectivity index (χ2n) is 3.96. The Morgan fingerprint density at radius 2 is 1.92 bits per heavy atom. The van der Waals surface area contributed by atoms with Crippen LogP contribution in [-0.2, 0) is 0 Å². The smallest absolute Gasteiger partial charge is 0.0545 e. The zero-order valence-electron chi connectivity index (χ0n) is 8.18. The molecule has 0 aromatic rings. The van der Waals surface area contributed by atoms with E-state index in [1.807, 2.05) is 0 Å². The molecule has 1 rings (SSSR count). The first-order chi connectivity index (χ1) is 5.83. The highest BCUT2D eigenvalue weighted by Crippen LogP contribution is 2.29. The van der Waals surface area contributed by atoms with Crippen LogP contribution in [0.15, 0.2) is 0 Å². The highest BCUT2D eigenvalue weighted by molar-refractivity contribution is 4.93. The lowest BCUT2D eigenvalue weighted by Gasteiger charge is -2.23. The lowest BCUT2D eigenvalue weighted by Crippen LogP contribution is -2.14. The number of aliphatic hydroxyl groups is 1. The quantitative estimate of drug-likeness (QED) is 0.685. The van der Waals surface area contributed by atoms with E-state index in [0.717, 1.165) is 19.3 Å². The molecular weight excluding hydrogens is 148 g/mol. The topological polar surface area (TPSA) is 20.2 Å². The minimum absolute atomic E-state index is 0.0527. The van der Waals surface area contributed by atoms with E-state index in [0.29, 0.717) is 0 Å². The summed E-state index contributed by atoms with van der Waals surface area (Å²) in [6, 6.07) is 0. The maximum atomic E-state index is 9.58. The van der Waals surface area contributed by atoms with E-state index in [2.05, 4.69) is 6.92 Å². The first-order valence-corrected chi connectivity index (χ1v) is 5.34. The molecule has 0 aliphatic heterocycles. The van der Waals surface area contributed by atoms with Crippen LogP contribution >= 0.6 is 0 Å². The summed E-state index contributed by atoms with van der Waals surface area (Å²) in [6.45, 7) is 2.13. The maximum absolute atomic E-state index is 9.58. The maximum Gasteiger partial charge on any atom is 0.0545 e. The molecule has 0 heterocycles. The minimum Gasteiger partial charge on any atom is -0.393 e. The summed E-state index contributed by atoms with van der Waals surface area (Å²) in [5, 5.41) is 9.58. The zero-order valence-corrected chi connectivity index (χ0v) is 8.18. The highest BCUT2D eigenvalue weighted by atomic mass is 16.3. The SMILES string of the molecule is CCCC(O)C[C]1CCCCC1. The molecule has 1 nitrogen and oxygen atoms in total. The molecule has 1 heteroatoms. The van der Waals surface area contributed by atoms with Gasteiger partial charge in [-0.2, -0.15) is 0 Å². The van der Waals surface area contributed by atoms with Gasteiger partial charge in [-0.05, 0) is 31.6 Å². The predicted molar refractivity (Wildman–Crippen MR) is 51.9 cm³/mol. The predicted octanol–water partition coefficient (Wildman–Crippen LogP) is 3.08. The van der Waals surface area contributed by atoms with Crippen molar-refractivity contribution in [2.45, 2.75) is 64.4 Å². The molecule has 0 aromatic heterocycles. The van der Waals surface area contributed by atoms with Crippen molar-refractivity contribution in [2.75, 3.05) is 0 Å². The molecule has 0 amide bonds. The van der Waals surface area contributed by atoms with Crippen molar-refractivity contribution in [2.24, 2.45) is 0 Å². The fraction of sp³-hybridized carbons (Fsp3) is 0.909. The molecule has 0 spiro atoms. The van der Waals surface area contributed by atoms with Crippen LogP contribution in [0.1, 0.15) is 58.3 Å². The van der Waals surface area contributed by atoms with Crippen molar-refractivity contribution in [1.82, 2.24) is 0 Å². The molecule has 1 aliphatic rings. The number of hydrogen-bond donors (Lipinski definition) is 1. The van der Waals surface area contributed by atoms with Crippen LogP contribution in [0, 0.1) is 5.92 Å². The Kier molecular flexibility index (Phi) is 4.67. The van der Waals surface area contributed by atoms with Crippen LogP contribution in [-0.4, -0.2) is 11.2 Å². The van der Waals surface area contributed by atoms with Gasteiger partial charge in [0.15, 0.2) is 0 Å². The van der Waals surface area contributed by atoms with E-state index in [-0.39, 0.29) is 6.10 Å².